The van der Waals surface area contributed by atoms with Crippen LogP contribution in [-0.2, 0) is 4.79 Å². The number of carbonyl (C=O) groups is 2. The first-order valence-corrected chi connectivity index (χ1v) is 10.1. The molecule has 7 heteroatoms. The number of rotatable bonds is 7. The third-order valence-electron chi connectivity index (χ3n) is 4.78. The fraction of sp³-hybridized carbons (Fsp3) is 0.381. The minimum Gasteiger partial charge on any atom is -0.503 e. The Morgan fingerprint density at radius 1 is 1.25 bits per heavy atom. The lowest BCUT2D eigenvalue weighted by molar-refractivity contribution is -0.129. The molecule has 3 rings (SSSR count). The first-order chi connectivity index (χ1) is 13.3. The number of aromatic nitrogens is 1. The van der Waals surface area contributed by atoms with Crippen molar-refractivity contribution in [1.29, 1.82) is 0 Å². The molecular weight excluding hydrogens is 374 g/mol. The summed E-state index contributed by atoms with van der Waals surface area (Å²) in [7, 11) is 3.94. The molecule has 1 aromatic carbocycles. The van der Waals surface area contributed by atoms with Crippen molar-refractivity contribution in [3.63, 3.8) is 0 Å². The van der Waals surface area contributed by atoms with E-state index in [1.807, 2.05) is 56.3 Å². The van der Waals surface area contributed by atoms with Crippen molar-refractivity contribution < 1.29 is 14.7 Å². The predicted octanol–water partition coefficient (Wildman–Crippen LogP) is 3.29. The van der Waals surface area contributed by atoms with Crippen LogP contribution < -0.4 is 0 Å². The minimum absolute atomic E-state index is 0.146. The smallest absolute Gasteiger partial charge is 0.290 e. The van der Waals surface area contributed by atoms with E-state index in [4.69, 9.17) is 0 Å². The molecule has 1 amide bonds. The van der Waals surface area contributed by atoms with Crippen LogP contribution >= 0.6 is 11.3 Å². The van der Waals surface area contributed by atoms with Gasteiger partial charge in [-0.25, -0.2) is 4.98 Å². The summed E-state index contributed by atoms with van der Waals surface area (Å²) in [6, 6.07) is 8.80. The topological polar surface area (TPSA) is 73.7 Å². The summed E-state index contributed by atoms with van der Waals surface area (Å²) >= 11 is 1.29. The molecule has 1 aliphatic rings. The first-order valence-electron chi connectivity index (χ1n) is 9.23. The molecule has 2 aromatic rings. The Bertz CT molecular complexity index is 918. The third kappa shape index (κ3) is 3.86. The zero-order valence-electron chi connectivity index (χ0n) is 16.6. The Labute approximate surface area is 169 Å². The molecule has 6 nitrogen and oxygen atoms in total. The van der Waals surface area contributed by atoms with E-state index in [1.165, 1.54) is 11.3 Å². The van der Waals surface area contributed by atoms with Gasteiger partial charge in [-0.3, -0.25) is 9.59 Å². The Morgan fingerprint density at radius 2 is 1.93 bits per heavy atom. The number of nitrogens with zero attached hydrogens (tertiary/aromatic N) is 3. The molecular formula is C21H25N3O3S. The Balaban J connectivity index is 2.01. The number of benzene rings is 1. The maximum atomic E-state index is 13.3. The number of Topliss-reactive ketones (excluding diaryl/α,β-unsaturated/α-hetero) is 1. The van der Waals surface area contributed by atoms with Crippen LogP contribution in [0.3, 0.4) is 0 Å². The van der Waals surface area contributed by atoms with Crippen molar-refractivity contribution >= 4 is 23.0 Å². The Kier molecular flexibility index (Phi) is 5.96. The maximum Gasteiger partial charge on any atom is 0.290 e. The predicted molar refractivity (Wildman–Crippen MR) is 110 cm³/mol. The van der Waals surface area contributed by atoms with Crippen LogP contribution in [0.15, 0.2) is 41.7 Å². The van der Waals surface area contributed by atoms with E-state index < -0.39 is 17.7 Å². The van der Waals surface area contributed by atoms with Crippen molar-refractivity contribution in [2.45, 2.75) is 26.3 Å². The van der Waals surface area contributed by atoms with Gasteiger partial charge in [0.15, 0.2) is 5.76 Å². The van der Waals surface area contributed by atoms with Gasteiger partial charge in [0.1, 0.15) is 0 Å². The van der Waals surface area contributed by atoms with Crippen LogP contribution in [0.2, 0.25) is 0 Å². The monoisotopic (exact) mass is 399 g/mol. The molecule has 0 fully saturated rings. The lowest BCUT2D eigenvalue weighted by atomic mass is 9.95. The lowest BCUT2D eigenvalue weighted by Crippen LogP contribution is -2.33. The highest BCUT2D eigenvalue weighted by Gasteiger charge is 2.44. The third-order valence-corrected chi connectivity index (χ3v) is 5.85. The summed E-state index contributed by atoms with van der Waals surface area (Å²) in [6.45, 7) is 4.88. The molecule has 0 saturated carbocycles. The SMILES string of the molecule is Cc1nc(C)c(C(=O)C2=C(O)C(=O)N(CCCN(C)C)[C@@H]2c2ccccc2)s1. The summed E-state index contributed by atoms with van der Waals surface area (Å²) in [4.78, 5) is 34.6. The number of thiazole rings is 1. The average Bonchev–Trinajstić information content (AvgIpc) is 3.12. The van der Waals surface area contributed by atoms with E-state index >= 15 is 0 Å². The quantitative estimate of drug-likeness (QED) is 0.723. The molecule has 1 aliphatic heterocycles. The normalized spacial score (nSPS) is 17.1. The highest BCUT2D eigenvalue weighted by atomic mass is 32.1. The number of hydrogen-bond donors (Lipinski definition) is 1. The van der Waals surface area contributed by atoms with Gasteiger partial charge >= 0.3 is 0 Å². The van der Waals surface area contributed by atoms with E-state index in [0.717, 1.165) is 23.5 Å². The van der Waals surface area contributed by atoms with Gasteiger partial charge in [-0.1, -0.05) is 30.3 Å². The number of carbonyl (C=O) groups excluding carboxylic acids is 2. The summed E-state index contributed by atoms with van der Waals surface area (Å²) in [5.74, 6) is -1.26. The number of aryl methyl sites for hydroxylation is 2. The molecule has 0 spiro atoms. The van der Waals surface area contributed by atoms with E-state index in [1.54, 1.807) is 11.8 Å². The number of hydrogen-bond acceptors (Lipinski definition) is 6. The van der Waals surface area contributed by atoms with Crippen LogP contribution in [0.4, 0.5) is 0 Å². The molecule has 0 saturated heterocycles. The largest absolute Gasteiger partial charge is 0.503 e. The molecule has 1 atom stereocenters. The summed E-state index contributed by atoms with van der Waals surface area (Å²) in [5.41, 5.74) is 1.58. The average molecular weight is 400 g/mol. The van der Waals surface area contributed by atoms with E-state index in [-0.39, 0.29) is 11.4 Å². The van der Waals surface area contributed by atoms with Crippen molar-refractivity contribution in [1.82, 2.24) is 14.8 Å². The van der Waals surface area contributed by atoms with Crippen LogP contribution in [0.1, 0.15) is 38.4 Å². The van der Waals surface area contributed by atoms with Crippen LogP contribution in [0.5, 0.6) is 0 Å². The molecule has 148 valence electrons. The molecule has 0 aliphatic carbocycles. The van der Waals surface area contributed by atoms with Crippen LogP contribution in [-0.4, -0.2) is 58.8 Å². The van der Waals surface area contributed by atoms with Gasteiger partial charge in [0.2, 0.25) is 5.78 Å². The Morgan fingerprint density at radius 3 is 2.50 bits per heavy atom. The molecule has 0 radical (unpaired) electrons. The number of amides is 1. The number of aliphatic hydroxyl groups is 1. The van der Waals surface area contributed by atoms with Gasteiger partial charge in [0, 0.05) is 6.54 Å². The molecule has 1 aromatic heterocycles. The summed E-state index contributed by atoms with van der Waals surface area (Å²) in [6.07, 6.45) is 0.746. The second kappa shape index (κ2) is 8.24. The fourth-order valence-electron chi connectivity index (χ4n) is 3.52. The van der Waals surface area contributed by atoms with Crippen molar-refractivity contribution in [3.05, 3.63) is 62.8 Å². The number of ketones is 1. The Hall–Kier alpha value is -2.51. The molecule has 1 N–H and O–H groups in total. The number of aliphatic hydroxyl groups excluding tert-OH is 1. The zero-order valence-corrected chi connectivity index (χ0v) is 17.4. The molecule has 0 unspecified atom stereocenters. The standard InChI is InChI=1S/C21H25N3O3S/c1-13-20(28-14(2)22-13)18(25)16-17(15-9-6-5-7-10-15)24(21(27)19(16)26)12-8-11-23(3)4/h5-7,9-10,17,26H,8,11-12H2,1-4H3/t17-/m1/s1. The van der Waals surface area contributed by atoms with Gasteiger partial charge in [0.05, 0.1) is 27.2 Å². The zero-order chi connectivity index (χ0) is 20.4. The second-order valence-electron chi connectivity index (χ2n) is 7.21. The van der Waals surface area contributed by atoms with E-state index in [2.05, 4.69) is 4.98 Å². The van der Waals surface area contributed by atoms with Crippen molar-refractivity contribution in [2.24, 2.45) is 0 Å². The minimum atomic E-state index is -0.592. The highest BCUT2D eigenvalue weighted by Crippen LogP contribution is 2.40. The summed E-state index contributed by atoms with van der Waals surface area (Å²) < 4.78 is 0. The van der Waals surface area contributed by atoms with Crippen molar-refractivity contribution in [3.8, 4) is 0 Å². The first kappa shape index (κ1) is 20.2. The molecule has 2 heterocycles. The summed E-state index contributed by atoms with van der Waals surface area (Å²) in [5, 5.41) is 11.4. The lowest BCUT2D eigenvalue weighted by Gasteiger charge is -2.27. The van der Waals surface area contributed by atoms with E-state index in [9.17, 15) is 14.7 Å². The fourth-order valence-corrected chi connectivity index (χ4v) is 4.39. The second-order valence-corrected chi connectivity index (χ2v) is 8.41. The van der Waals surface area contributed by atoms with Gasteiger partial charge in [0.25, 0.3) is 5.91 Å². The van der Waals surface area contributed by atoms with Gasteiger partial charge in [-0.15, -0.1) is 11.3 Å². The highest BCUT2D eigenvalue weighted by molar-refractivity contribution is 7.14. The van der Waals surface area contributed by atoms with Gasteiger partial charge < -0.3 is 14.9 Å². The van der Waals surface area contributed by atoms with Crippen LogP contribution in [0, 0.1) is 13.8 Å². The van der Waals surface area contributed by atoms with E-state index in [0.29, 0.717) is 17.1 Å². The van der Waals surface area contributed by atoms with Crippen LogP contribution in [0.25, 0.3) is 0 Å². The van der Waals surface area contributed by atoms with Gasteiger partial charge in [-0.2, -0.15) is 0 Å². The maximum absolute atomic E-state index is 13.3. The molecule has 28 heavy (non-hydrogen) atoms. The molecule has 0 bridgehead atoms. The van der Waals surface area contributed by atoms with Crippen molar-refractivity contribution in [2.75, 3.05) is 27.2 Å². The van der Waals surface area contributed by atoms with Gasteiger partial charge in [-0.05, 0) is 46.5 Å².